The van der Waals surface area contributed by atoms with E-state index in [1.807, 2.05) is 0 Å². The lowest BCUT2D eigenvalue weighted by molar-refractivity contribution is -0.168. The Morgan fingerprint density at radius 3 is 2.50 bits per heavy atom. The third kappa shape index (κ3) is 4.67. The lowest BCUT2D eigenvalue weighted by Gasteiger charge is -2.14. The van der Waals surface area contributed by atoms with Crippen molar-refractivity contribution < 1.29 is 14.5 Å². The normalized spacial score (nSPS) is 11.3. The molecule has 0 fully saturated rings. The first kappa shape index (κ1) is 16.8. The largest absolute Gasteiger partial charge is 0.399 e. The standard InChI is InChI=1S/C13H16Cl2N2O3/c1-17(20-3)13(18)7-6-12(16-19-2)9-4-5-10(14)11(15)8-9/h4-5,8H,6-7H2,1-3H3. The number of nitrogens with zero attached hydrogens (tertiary/aromatic N) is 2. The molecule has 1 aromatic carbocycles. The van der Waals surface area contributed by atoms with Crippen molar-refractivity contribution >= 4 is 34.8 Å². The summed E-state index contributed by atoms with van der Waals surface area (Å²) in [5.41, 5.74) is 1.37. The molecule has 0 atom stereocenters. The molecule has 1 amide bonds. The molecule has 0 unspecified atom stereocenters. The van der Waals surface area contributed by atoms with Gasteiger partial charge in [-0.1, -0.05) is 34.4 Å². The molecule has 110 valence electrons. The van der Waals surface area contributed by atoms with Gasteiger partial charge in [0.1, 0.15) is 7.11 Å². The third-order valence-corrected chi connectivity index (χ3v) is 3.39. The van der Waals surface area contributed by atoms with Crippen LogP contribution >= 0.6 is 23.2 Å². The van der Waals surface area contributed by atoms with Crippen LogP contribution in [-0.2, 0) is 14.5 Å². The van der Waals surface area contributed by atoms with Crippen molar-refractivity contribution in [1.82, 2.24) is 5.06 Å². The lowest BCUT2D eigenvalue weighted by atomic mass is 10.1. The van der Waals surface area contributed by atoms with E-state index >= 15 is 0 Å². The molecule has 0 aliphatic heterocycles. The molecule has 0 spiro atoms. The average molecular weight is 319 g/mol. The van der Waals surface area contributed by atoms with E-state index in [0.717, 1.165) is 5.56 Å². The second kappa shape index (κ2) is 8.09. The van der Waals surface area contributed by atoms with Crippen LogP contribution in [-0.4, -0.2) is 37.9 Å². The first-order valence-corrected chi connectivity index (χ1v) is 6.61. The number of hydrogen-bond donors (Lipinski definition) is 0. The van der Waals surface area contributed by atoms with Crippen LogP contribution in [0.2, 0.25) is 10.0 Å². The predicted octanol–water partition coefficient (Wildman–Crippen LogP) is 3.14. The van der Waals surface area contributed by atoms with Crippen molar-refractivity contribution in [2.24, 2.45) is 5.16 Å². The van der Waals surface area contributed by atoms with E-state index in [9.17, 15) is 4.79 Å². The number of carbonyl (C=O) groups is 1. The van der Waals surface area contributed by atoms with Gasteiger partial charge in [-0.25, -0.2) is 5.06 Å². The number of benzene rings is 1. The van der Waals surface area contributed by atoms with E-state index in [1.54, 1.807) is 25.2 Å². The Balaban J connectivity index is 2.82. The molecule has 1 aromatic rings. The fourth-order valence-corrected chi connectivity index (χ4v) is 1.81. The van der Waals surface area contributed by atoms with Crippen molar-refractivity contribution in [2.45, 2.75) is 12.8 Å². The molecule has 0 N–H and O–H groups in total. The van der Waals surface area contributed by atoms with Crippen molar-refractivity contribution in [2.75, 3.05) is 21.3 Å². The first-order valence-electron chi connectivity index (χ1n) is 5.85. The molecule has 7 heteroatoms. The maximum atomic E-state index is 11.7. The minimum atomic E-state index is -0.156. The molecule has 0 bridgehead atoms. The molecule has 0 aliphatic rings. The van der Waals surface area contributed by atoms with Crippen molar-refractivity contribution in [1.29, 1.82) is 0 Å². The molecule has 20 heavy (non-hydrogen) atoms. The number of oxime groups is 1. The van der Waals surface area contributed by atoms with Gasteiger partial charge in [0.25, 0.3) is 0 Å². The fourth-order valence-electron chi connectivity index (χ4n) is 1.51. The topological polar surface area (TPSA) is 51.1 Å². The van der Waals surface area contributed by atoms with Crippen LogP contribution < -0.4 is 0 Å². The second-order valence-electron chi connectivity index (χ2n) is 3.92. The Kier molecular flexibility index (Phi) is 6.78. The first-order chi connectivity index (χ1) is 9.49. The van der Waals surface area contributed by atoms with Crippen LogP contribution in [0.25, 0.3) is 0 Å². The highest BCUT2D eigenvalue weighted by atomic mass is 35.5. The molecule has 0 radical (unpaired) electrons. The smallest absolute Gasteiger partial charge is 0.246 e. The SMILES string of the molecule is CON=C(CCC(=O)N(C)OC)c1ccc(Cl)c(Cl)c1. The van der Waals surface area contributed by atoms with Crippen LogP contribution in [0.3, 0.4) is 0 Å². The Labute approximate surface area is 128 Å². The molecule has 0 heterocycles. The predicted molar refractivity (Wildman–Crippen MR) is 79.0 cm³/mol. The van der Waals surface area contributed by atoms with Gasteiger partial charge in [0.2, 0.25) is 5.91 Å². The van der Waals surface area contributed by atoms with E-state index in [-0.39, 0.29) is 12.3 Å². The van der Waals surface area contributed by atoms with Crippen molar-refractivity contribution in [3.63, 3.8) is 0 Å². The van der Waals surface area contributed by atoms with E-state index in [4.69, 9.17) is 32.9 Å². The summed E-state index contributed by atoms with van der Waals surface area (Å²) in [6, 6.07) is 5.14. The van der Waals surface area contributed by atoms with Gasteiger partial charge in [0.15, 0.2) is 0 Å². The highest BCUT2D eigenvalue weighted by Crippen LogP contribution is 2.23. The van der Waals surface area contributed by atoms with Crippen LogP contribution in [0.1, 0.15) is 18.4 Å². The molecule has 1 rings (SSSR count). The summed E-state index contributed by atoms with van der Waals surface area (Å²) in [7, 11) is 4.43. The Morgan fingerprint density at radius 2 is 1.95 bits per heavy atom. The zero-order valence-electron chi connectivity index (χ0n) is 11.5. The quantitative estimate of drug-likeness (QED) is 0.598. The van der Waals surface area contributed by atoms with Gasteiger partial charge in [-0.3, -0.25) is 9.63 Å². The third-order valence-electron chi connectivity index (χ3n) is 2.66. The second-order valence-corrected chi connectivity index (χ2v) is 4.74. The maximum absolute atomic E-state index is 11.7. The molecular formula is C13H16Cl2N2O3. The fraction of sp³-hybridized carbons (Fsp3) is 0.385. The monoisotopic (exact) mass is 318 g/mol. The van der Waals surface area contributed by atoms with E-state index in [1.165, 1.54) is 19.3 Å². The zero-order valence-corrected chi connectivity index (χ0v) is 13.0. The Morgan fingerprint density at radius 1 is 1.25 bits per heavy atom. The summed E-state index contributed by atoms with van der Waals surface area (Å²) in [6.45, 7) is 0. The zero-order chi connectivity index (χ0) is 15.1. The summed E-state index contributed by atoms with van der Waals surface area (Å²) in [4.78, 5) is 21.3. The molecule has 0 saturated heterocycles. The summed E-state index contributed by atoms with van der Waals surface area (Å²) < 4.78 is 0. The van der Waals surface area contributed by atoms with E-state index in [2.05, 4.69) is 5.16 Å². The van der Waals surface area contributed by atoms with Gasteiger partial charge < -0.3 is 4.84 Å². The molecule has 0 saturated carbocycles. The summed E-state index contributed by atoms with van der Waals surface area (Å²) in [5.74, 6) is -0.156. The highest BCUT2D eigenvalue weighted by molar-refractivity contribution is 6.42. The number of amides is 1. The van der Waals surface area contributed by atoms with Gasteiger partial charge >= 0.3 is 0 Å². The molecule has 5 nitrogen and oxygen atoms in total. The number of rotatable bonds is 6. The van der Waals surface area contributed by atoms with E-state index in [0.29, 0.717) is 22.2 Å². The van der Waals surface area contributed by atoms with Gasteiger partial charge in [0, 0.05) is 25.5 Å². The van der Waals surface area contributed by atoms with E-state index < -0.39 is 0 Å². The summed E-state index contributed by atoms with van der Waals surface area (Å²) in [5, 5.41) is 5.98. The van der Waals surface area contributed by atoms with Crippen molar-refractivity contribution in [3.05, 3.63) is 33.8 Å². The van der Waals surface area contributed by atoms with Gasteiger partial charge in [-0.15, -0.1) is 0 Å². The number of carbonyl (C=O) groups excluding carboxylic acids is 1. The number of halogens is 2. The minimum Gasteiger partial charge on any atom is -0.399 e. The number of hydroxylamine groups is 2. The van der Waals surface area contributed by atoms with Gasteiger partial charge in [0.05, 0.1) is 22.9 Å². The molecular weight excluding hydrogens is 303 g/mol. The van der Waals surface area contributed by atoms with Crippen LogP contribution in [0, 0.1) is 0 Å². The number of hydrogen-bond acceptors (Lipinski definition) is 4. The average Bonchev–Trinajstić information content (AvgIpc) is 2.45. The van der Waals surface area contributed by atoms with Gasteiger partial charge in [-0.05, 0) is 12.1 Å². The Hall–Kier alpha value is -1.30. The Bertz CT molecular complexity index is 506. The highest BCUT2D eigenvalue weighted by Gasteiger charge is 2.13. The van der Waals surface area contributed by atoms with Crippen LogP contribution in [0.15, 0.2) is 23.4 Å². The van der Waals surface area contributed by atoms with Gasteiger partial charge in [-0.2, -0.15) is 0 Å². The van der Waals surface area contributed by atoms with Crippen LogP contribution in [0.4, 0.5) is 0 Å². The lowest BCUT2D eigenvalue weighted by Crippen LogP contribution is -2.25. The van der Waals surface area contributed by atoms with Crippen molar-refractivity contribution in [3.8, 4) is 0 Å². The maximum Gasteiger partial charge on any atom is 0.246 e. The van der Waals surface area contributed by atoms with Crippen LogP contribution in [0.5, 0.6) is 0 Å². The minimum absolute atomic E-state index is 0.156. The summed E-state index contributed by atoms with van der Waals surface area (Å²) >= 11 is 11.8. The summed E-state index contributed by atoms with van der Waals surface area (Å²) in [6.07, 6.45) is 0.644. The molecule has 0 aromatic heterocycles. The molecule has 0 aliphatic carbocycles.